The molecule has 166 valence electrons. The van der Waals surface area contributed by atoms with Crippen LogP contribution in [0.2, 0.25) is 0 Å². The summed E-state index contributed by atoms with van der Waals surface area (Å²) < 4.78 is 36.9. The lowest BCUT2D eigenvalue weighted by Crippen LogP contribution is -2.49. The van der Waals surface area contributed by atoms with Crippen molar-refractivity contribution >= 4 is 17.7 Å². The molecule has 1 aliphatic heterocycles. The van der Waals surface area contributed by atoms with Crippen LogP contribution in [-0.4, -0.2) is 49.5 Å². The highest BCUT2D eigenvalue weighted by molar-refractivity contribution is 5.91. The lowest BCUT2D eigenvalue weighted by molar-refractivity contribution is -0.192. The van der Waals surface area contributed by atoms with Gasteiger partial charge in [-0.1, -0.05) is 13.8 Å². The molecular weight excluding hydrogens is 405 g/mol. The van der Waals surface area contributed by atoms with E-state index in [2.05, 4.69) is 29.8 Å². The van der Waals surface area contributed by atoms with E-state index in [9.17, 15) is 18.0 Å². The molecule has 0 spiro atoms. The van der Waals surface area contributed by atoms with Crippen LogP contribution in [0.15, 0.2) is 18.2 Å². The molecular formula is C19H25F3N4O4. The van der Waals surface area contributed by atoms with Gasteiger partial charge in [-0.25, -0.2) is 9.59 Å². The van der Waals surface area contributed by atoms with Crippen molar-refractivity contribution in [1.29, 1.82) is 5.26 Å². The van der Waals surface area contributed by atoms with Crippen molar-refractivity contribution in [2.24, 2.45) is 5.41 Å². The summed E-state index contributed by atoms with van der Waals surface area (Å²) in [5.74, 6) is -2.29. The Labute approximate surface area is 172 Å². The number of rotatable bonds is 4. The van der Waals surface area contributed by atoms with E-state index in [4.69, 9.17) is 19.9 Å². The van der Waals surface area contributed by atoms with E-state index in [-0.39, 0.29) is 6.03 Å². The van der Waals surface area contributed by atoms with Gasteiger partial charge in [-0.05, 0) is 30.4 Å². The lowest BCUT2D eigenvalue weighted by atomic mass is 9.82. The highest BCUT2D eigenvalue weighted by Gasteiger charge is 2.38. The molecule has 4 N–H and O–H groups in total. The van der Waals surface area contributed by atoms with Gasteiger partial charge in [0.15, 0.2) is 0 Å². The van der Waals surface area contributed by atoms with E-state index >= 15 is 0 Å². The van der Waals surface area contributed by atoms with Gasteiger partial charge in [0.2, 0.25) is 0 Å². The van der Waals surface area contributed by atoms with Crippen LogP contribution in [0.1, 0.15) is 32.3 Å². The zero-order chi connectivity index (χ0) is 22.9. The molecule has 1 heterocycles. The Bertz CT molecular complexity index is 781. The molecule has 30 heavy (non-hydrogen) atoms. The van der Waals surface area contributed by atoms with Crippen LogP contribution < -0.4 is 20.7 Å². The number of nitrogens with one attached hydrogen (secondary N) is 3. The largest absolute Gasteiger partial charge is 0.495 e. The molecule has 1 aliphatic rings. The smallest absolute Gasteiger partial charge is 0.490 e. The number of benzene rings is 1. The number of alkyl halides is 3. The number of aliphatic carboxylic acids is 1. The Kier molecular flexibility index (Phi) is 8.92. The molecule has 1 aromatic carbocycles. The molecule has 0 bridgehead atoms. The Morgan fingerprint density at radius 1 is 1.40 bits per heavy atom. The molecule has 1 aromatic rings. The summed E-state index contributed by atoms with van der Waals surface area (Å²) in [5.41, 5.74) is 1.36. The number of anilines is 1. The SMILES string of the molecule is COc1cc(C#N)ccc1NC(=O)NCC1CCC(C)(C)CN1.O=C(O)C(F)(F)F. The molecule has 1 atom stereocenters. The monoisotopic (exact) mass is 430 g/mol. The minimum atomic E-state index is -5.08. The molecule has 0 aliphatic carbocycles. The fourth-order valence-corrected chi connectivity index (χ4v) is 2.60. The summed E-state index contributed by atoms with van der Waals surface area (Å²) in [5, 5.41) is 25.1. The minimum Gasteiger partial charge on any atom is -0.495 e. The summed E-state index contributed by atoms with van der Waals surface area (Å²) in [6, 6.07) is 6.97. The standard InChI is InChI=1S/C17H24N4O2.C2HF3O2/c1-17(2)7-6-13(20-11-17)10-19-16(22)21-14-5-4-12(9-18)8-15(14)23-3;3-2(4,5)1(6)7/h4-5,8,13,20H,6-7,10-11H2,1-3H3,(H2,19,21,22);(H,6,7). The van der Waals surface area contributed by atoms with Crippen molar-refractivity contribution in [3.63, 3.8) is 0 Å². The highest BCUT2D eigenvalue weighted by Crippen LogP contribution is 2.27. The number of nitrogens with zero attached hydrogens (tertiary/aromatic N) is 1. The normalized spacial score (nSPS) is 17.6. The number of amides is 2. The molecule has 0 radical (unpaired) electrons. The lowest BCUT2D eigenvalue weighted by Gasteiger charge is -2.35. The predicted octanol–water partition coefficient (Wildman–Crippen LogP) is 3.10. The first kappa shape index (κ1) is 25.0. The maximum Gasteiger partial charge on any atom is 0.490 e. The zero-order valence-corrected chi connectivity index (χ0v) is 16.9. The molecule has 1 fully saturated rings. The fraction of sp³-hybridized carbons (Fsp3) is 0.526. The highest BCUT2D eigenvalue weighted by atomic mass is 19.4. The van der Waals surface area contributed by atoms with Crippen LogP contribution in [0.25, 0.3) is 0 Å². The Hall–Kier alpha value is -3.00. The third-order valence-electron chi connectivity index (χ3n) is 4.37. The van der Waals surface area contributed by atoms with E-state index in [0.717, 1.165) is 19.4 Å². The average molecular weight is 430 g/mol. The molecule has 0 saturated carbocycles. The van der Waals surface area contributed by atoms with Gasteiger partial charge < -0.3 is 25.8 Å². The summed E-state index contributed by atoms with van der Waals surface area (Å²) in [6.45, 7) is 6.03. The van der Waals surface area contributed by atoms with Gasteiger partial charge >= 0.3 is 18.2 Å². The summed E-state index contributed by atoms with van der Waals surface area (Å²) in [7, 11) is 1.51. The third-order valence-corrected chi connectivity index (χ3v) is 4.37. The number of carboxylic acids is 1. The van der Waals surface area contributed by atoms with Crippen molar-refractivity contribution in [1.82, 2.24) is 10.6 Å². The molecule has 1 saturated heterocycles. The van der Waals surface area contributed by atoms with Crippen molar-refractivity contribution in [2.45, 2.75) is 38.9 Å². The second-order valence-electron chi connectivity index (χ2n) is 7.45. The average Bonchev–Trinajstić information content (AvgIpc) is 2.67. The summed E-state index contributed by atoms with van der Waals surface area (Å²) >= 11 is 0. The topological polar surface area (TPSA) is 123 Å². The molecule has 2 rings (SSSR count). The molecule has 11 heteroatoms. The molecule has 1 unspecified atom stereocenters. The zero-order valence-electron chi connectivity index (χ0n) is 16.9. The minimum absolute atomic E-state index is 0.278. The van der Waals surface area contributed by atoms with E-state index in [1.165, 1.54) is 7.11 Å². The van der Waals surface area contributed by atoms with Gasteiger partial charge in [0, 0.05) is 25.2 Å². The number of hydrogen-bond acceptors (Lipinski definition) is 5. The molecule has 2 amide bonds. The number of carboxylic acid groups (broad SMARTS) is 1. The van der Waals surface area contributed by atoms with Gasteiger partial charge in [-0.2, -0.15) is 18.4 Å². The van der Waals surface area contributed by atoms with Crippen LogP contribution in [0.3, 0.4) is 0 Å². The Morgan fingerprint density at radius 2 is 2.03 bits per heavy atom. The van der Waals surface area contributed by atoms with Crippen LogP contribution in [0, 0.1) is 16.7 Å². The number of ether oxygens (including phenoxy) is 1. The van der Waals surface area contributed by atoms with Gasteiger partial charge in [-0.3, -0.25) is 0 Å². The van der Waals surface area contributed by atoms with Crippen molar-refractivity contribution in [3.8, 4) is 11.8 Å². The van der Waals surface area contributed by atoms with Crippen molar-refractivity contribution < 1.29 is 32.6 Å². The number of piperidine rings is 1. The number of halogens is 3. The van der Waals surface area contributed by atoms with E-state index < -0.39 is 12.1 Å². The first-order valence-electron chi connectivity index (χ1n) is 9.04. The third kappa shape index (κ3) is 8.57. The number of carbonyl (C=O) groups excluding carboxylic acids is 1. The van der Waals surface area contributed by atoms with E-state index in [0.29, 0.717) is 35.0 Å². The maximum absolute atomic E-state index is 12.0. The first-order chi connectivity index (χ1) is 13.9. The van der Waals surface area contributed by atoms with Gasteiger partial charge in [-0.15, -0.1) is 0 Å². The first-order valence-corrected chi connectivity index (χ1v) is 9.04. The van der Waals surface area contributed by atoms with Crippen molar-refractivity contribution in [3.05, 3.63) is 23.8 Å². The van der Waals surface area contributed by atoms with E-state index in [1.807, 2.05) is 6.07 Å². The van der Waals surface area contributed by atoms with Gasteiger partial charge in [0.25, 0.3) is 0 Å². The number of hydrogen-bond donors (Lipinski definition) is 4. The fourth-order valence-electron chi connectivity index (χ4n) is 2.60. The number of carbonyl (C=O) groups is 2. The van der Waals surface area contributed by atoms with E-state index in [1.54, 1.807) is 18.2 Å². The van der Waals surface area contributed by atoms with Gasteiger partial charge in [0.05, 0.1) is 24.4 Å². The van der Waals surface area contributed by atoms with Crippen LogP contribution in [0.4, 0.5) is 23.7 Å². The van der Waals surface area contributed by atoms with Crippen LogP contribution in [0.5, 0.6) is 5.75 Å². The Morgan fingerprint density at radius 3 is 2.50 bits per heavy atom. The van der Waals surface area contributed by atoms with Crippen molar-refractivity contribution in [2.75, 3.05) is 25.5 Å². The van der Waals surface area contributed by atoms with Gasteiger partial charge in [0.1, 0.15) is 5.75 Å². The number of urea groups is 1. The predicted molar refractivity (Wildman–Crippen MR) is 103 cm³/mol. The second kappa shape index (κ2) is 10.7. The Balaban J connectivity index is 0.000000553. The number of nitriles is 1. The summed E-state index contributed by atoms with van der Waals surface area (Å²) in [4.78, 5) is 20.9. The maximum atomic E-state index is 12.0. The molecule has 0 aromatic heterocycles. The second-order valence-corrected chi connectivity index (χ2v) is 7.45. The molecule has 8 nitrogen and oxygen atoms in total. The van der Waals surface area contributed by atoms with Crippen LogP contribution in [-0.2, 0) is 4.79 Å². The summed E-state index contributed by atoms with van der Waals surface area (Å²) in [6.07, 6.45) is -2.88. The quantitative estimate of drug-likeness (QED) is 0.582. The van der Waals surface area contributed by atoms with Crippen LogP contribution >= 0.6 is 0 Å². The number of methoxy groups -OCH3 is 1.